The minimum absolute atomic E-state index is 0.239. The molecule has 0 aromatic carbocycles. The van der Waals surface area contributed by atoms with Crippen LogP contribution in [0.2, 0.25) is 0 Å². The first-order chi connectivity index (χ1) is 9.09. The van der Waals surface area contributed by atoms with Gasteiger partial charge in [-0.05, 0) is 19.3 Å². The fourth-order valence-corrected chi connectivity index (χ4v) is 4.79. The van der Waals surface area contributed by atoms with E-state index < -0.39 is 9.84 Å². The lowest BCUT2D eigenvalue weighted by Gasteiger charge is -2.17. The zero-order valence-electron chi connectivity index (χ0n) is 10.8. The number of hydrogen-bond donors (Lipinski definition) is 1. The third kappa shape index (κ3) is 2.93. The van der Waals surface area contributed by atoms with Gasteiger partial charge in [0.15, 0.2) is 15.0 Å². The van der Waals surface area contributed by atoms with Crippen molar-refractivity contribution < 1.29 is 8.42 Å². The van der Waals surface area contributed by atoms with E-state index in [9.17, 15) is 8.42 Å². The maximum absolute atomic E-state index is 11.6. The number of thiazole rings is 1. The molecule has 2 fully saturated rings. The Morgan fingerprint density at radius 3 is 2.79 bits per heavy atom. The highest BCUT2D eigenvalue weighted by atomic mass is 32.2. The minimum atomic E-state index is -2.86. The Morgan fingerprint density at radius 2 is 2.11 bits per heavy atom. The van der Waals surface area contributed by atoms with E-state index in [2.05, 4.69) is 4.90 Å². The van der Waals surface area contributed by atoms with E-state index in [-0.39, 0.29) is 5.75 Å². The van der Waals surface area contributed by atoms with Crippen molar-refractivity contribution in [2.75, 3.05) is 29.5 Å². The summed E-state index contributed by atoms with van der Waals surface area (Å²) in [4.78, 5) is 8.01. The van der Waals surface area contributed by atoms with Gasteiger partial charge in [0.1, 0.15) is 0 Å². The molecular formula is C12H19N3O2S2. The molecule has 0 bridgehead atoms. The van der Waals surface area contributed by atoms with E-state index in [1.54, 1.807) is 11.3 Å². The van der Waals surface area contributed by atoms with Gasteiger partial charge in [-0.3, -0.25) is 0 Å². The first kappa shape index (κ1) is 13.3. The van der Waals surface area contributed by atoms with Gasteiger partial charge in [0.2, 0.25) is 0 Å². The predicted molar refractivity (Wildman–Crippen MR) is 77.5 cm³/mol. The number of nitrogens with zero attached hydrogens (tertiary/aromatic N) is 2. The third-order valence-electron chi connectivity index (χ3n) is 3.69. The first-order valence-electron chi connectivity index (χ1n) is 6.74. The lowest BCUT2D eigenvalue weighted by molar-refractivity contribution is 0.597. The van der Waals surface area contributed by atoms with E-state index in [1.807, 2.05) is 0 Å². The van der Waals surface area contributed by atoms with Gasteiger partial charge in [0.25, 0.3) is 0 Å². The Labute approximate surface area is 117 Å². The summed E-state index contributed by atoms with van der Waals surface area (Å²) in [5.74, 6) is 1.14. The van der Waals surface area contributed by atoms with Crippen LogP contribution in [-0.4, -0.2) is 38.0 Å². The average Bonchev–Trinajstić information content (AvgIpc) is 3.15. The Bertz CT molecular complexity index is 564. The summed E-state index contributed by atoms with van der Waals surface area (Å²) in [6.45, 7) is 1.88. The van der Waals surface area contributed by atoms with Crippen molar-refractivity contribution in [1.29, 1.82) is 0 Å². The van der Waals surface area contributed by atoms with Crippen molar-refractivity contribution in [3.63, 3.8) is 0 Å². The largest absolute Gasteiger partial charge is 0.347 e. The van der Waals surface area contributed by atoms with Crippen LogP contribution in [0.5, 0.6) is 0 Å². The Morgan fingerprint density at radius 1 is 1.32 bits per heavy atom. The molecule has 1 aliphatic heterocycles. The second kappa shape index (κ2) is 5.03. The molecule has 7 heteroatoms. The minimum Gasteiger partial charge on any atom is -0.347 e. The Hall–Kier alpha value is -0.660. The lowest BCUT2D eigenvalue weighted by atomic mass is 10.2. The van der Waals surface area contributed by atoms with E-state index in [0.29, 0.717) is 31.2 Å². The maximum atomic E-state index is 11.6. The van der Waals surface area contributed by atoms with Crippen LogP contribution in [0.25, 0.3) is 0 Å². The van der Waals surface area contributed by atoms with Crippen LogP contribution in [0.4, 0.5) is 5.13 Å². The van der Waals surface area contributed by atoms with Crippen LogP contribution >= 0.6 is 11.3 Å². The summed E-state index contributed by atoms with van der Waals surface area (Å²) in [6, 6.07) is 0. The SMILES string of the molecule is NCc1sc(N2CCCS(=O)(=O)CC2)nc1C1CC1. The summed E-state index contributed by atoms with van der Waals surface area (Å²) >= 11 is 1.64. The van der Waals surface area contributed by atoms with Crippen LogP contribution < -0.4 is 10.6 Å². The normalized spacial score (nSPS) is 23.3. The molecule has 0 radical (unpaired) electrons. The van der Waals surface area contributed by atoms with Crippen molar-refractivity contribution in [1.82, 2.24) is 4.98 Å². The molecule has 0 spiro atoms. The van der Waals surface area contributed by atoms with Gasteiger partial charge in [0.05, 0.1) is 17.2 Å². The molecule has 1 aliphatic carbocycles. The first-order valence-corrected chi connectivity index (χ1v) is 9.38. The highest BCUT2D eigenvalue weighted by Gasteiger charge is 2.30. The number of aromatic nitrogens is 1. The highest BCUT2D eigenvalue weighted by Crippen LogP contribution is 2.44. The quantitative estimate of drug-likeness (QED) is 0.905. The molecule has 1 aromatic rings. The van der Waals surface area contributed by atoms with Crippen molar-refractivity contribution >= 4 is 26.3 Å². The topological polar surface area (TPSA) is 76.3 Å². The molecule has 19 heavy (non-hydrogen) atoms. The molecular weight excluding hydrogens is 282 g/mol. The zero-order chi connectivity index (χ0) is 13.5. The Kier molecular flexibility index (Phi) is 3.53. The van der Waals surface area contributed by atoms with Gasteiger partial charge in [-0.2, -0.15) is 0 Å². The van der Waals surface area contributed by atoms with Crippen molar-refractivity contribution in [2.45, 2.75) is 31.7 Å². The van der Waals surface area contributed by atoms with Crippen molar-refractivity contribution in [3.05, 3.63) is 10.6 Å². The number of hydrogen-bond acceptors (Lipinski definition) is 6. The lowest BCUT2D eigenvalue weighted by Crippen LogP contribution is -2.26. The second-order valence-corrected chi connectivity index (χ2v) is 8.64. The third-order valence-corrected chi connectivity index (χ3v) is 6.56. The van der Waals surface area contributed by atoms with Crippen molar-refractivity contribution in [2.24, 2.45) is 5.73 Å². The molecule has 2 aliphatic rings. The molecule has 1 saturated carbocycles. The summed E-state index contributed by atoms with van der Waals surface area (Å²) in [7, 11) is -2.86. The number of anilines is 1. The van der Waals surface area contributed by atoms with E-state index >= 15 is 0 Å². The summed E-state index contributed by atoms with van der Waals surface area (Å²) < 4.78 is 23.3. The molecule has 2 N–H and O–H groups in total. The van der Waals surface area contributed by atoms with Gasteiger partial charge in [-0.15, -0.1) is 11.3 Å². The number of sulfone groups is 1. The van der Waals surface area contributed by atoms with Gasteiger partial charge in [-0.1, -0.05) is 0 Å². The second-order valence-electron chi connectivity index (χ2n) is 5.28. The summed E-state index contributed by atoms with van der Waals surface area (Å²) in [6.07, 6.45) is 3.12. The monoisotopic (exact) mass is 301 g/mol. The summed E-state index contributed by atoms with van der Waals surface area (Å²) in [5, 5.41) is 0.958. The zero-order valence-corrected chi connectivity index (χ0v) is 12.5. The van der Waals surface area contributed by atoms with Crippen molar-refractivity contribution in [3.8, 4) is 0 Å². The Balaban J connectivity index is 1.81. The van der Waals surface area contributed by atoms with Crippen LogP contribution in [0.15, 0.2) is 0 Å². The molecule has 1 saturated heterocycles. The van der Waals surface area contributed by atoms with Gasteiger partial charge >= 0.3 is 0 Å². The molecule has 106 valence electrons. The van der Waals surface area contributed by atoms with Gasteiger partial charge in [-0.25, -0.2) is 13.4 Å². The highest BCUT2D eigenvalue weighted by molar-refractivity contribution is 7.91. The fourth-order valence-electron chi connectivity index (χ4n) is 2.44. The molecule has 2 heterocycles. The average molecular weight is 301 g/mol. The predicted octanol–water partition coefficient (Wildman–Crippen LogP) is 1.10. The molecule has 0 unspecified atom stereocenters. The molecule has 0 atom stereocenters. The van der Waals surface area contributed by atoms with Gasteiger partial charge < -0.3 is 10.6 Å². The number of rotatable bonds is 3. The maximum Gasteiger partial charge on any atom is 0.185 e. The summed E-state index contributed by atoms with van der Waals surface area (Å²) in [5.41, 5.74) is 6.95. The van der Waals surface area contributed by atoms with Gasteiger partial charge in [0, 0.05) is 30.4 Å². The van der Waals surface area contributed by atoms with Crippen LogP contribution in [0, 0.1) is 0 Å². The standard InChI is InChI=1S/C12H19N3O2S2/c13-8-10-11(9-2-3-9)14-12(18-10)15-4-1-6-19(16,17)7-5-15/h9H,1-8,13H2. The fraction of sp³-hybridized carbons (Fsp3) is 0.750. The van der Waals surface area contributed by atoms with Crippen LogP contribution in [0.1, 0.15) is 35.8 Å². The van der Waals surface area contributed by atoms with E-state index in [1.165, 1.54) is 17.7 Å². The van der Waals surface area contributed by atoms with E-state index in [4.69, 9.17) is 10.7 Å². The van der Waals surface area contributed by atoms with E-state index in [0.717, 1.165) is 17.4 Å². The molecule has 0 amide bonds. The number of nitrogens with two attached hydrogens (primary N) is 1. The molecule has 1 aromatic heterocycles. The van der Waals surface area contributed by atoms with Crippen LogP contribution in [0.3, 0.4) is 0 Å². The van der Waals surface area contributed by atoms with Crippen LogP contribution in [-0.2, 0) is 16.4 Å². The molecule has 3 rings (SSSR count). The molecule has 5 nitrogen and oxygen atoms in total. The smallest absolute Gasteiger partial charge is 0.185 e.